The van der Waals surface area contributed by atoms with Crippen molar-refractivity contribution < 1.29 is 19.0 Å². The third-order valence-corrected chi connectivity index (χ3v) is 3.99. The number of benzene rings is 2. The van der Waals surface area contributed by atoms with E-state index in [0.717, 1.165) is 17.7 Å². The molecule has 0 saturated heterocycles. The molecule has 2 aromatic carbocycles. The Kier molecular flexibility index (Phi) is 5.28. The highest BCUT2D eigenvalue weighted by Gasteiger charge is 2.22. The first-order valence-corrected chi connectivity index (χ1v) is 8.31. The van der Waals surface area contributed by atoms with Crippen molar-refractivity contribution in [3.63, 3.8) is 0 Å². The predicted molar refractivity (Wildman–Crippen MR) is 95.6 cm³/mol. The van der Waals surface area contributed by atoms with Crippen molar-refractivity contribution in [1.29, 1.82) is 0 Å². The summed E-state index contributed by atoms with van der Waals surface area (Å²) in [6, 6.07) is 12.7. The molecule has 3 rings (SSSR count). The lowest BCUT2D eigenvalue weighted by molar-refractivity contribution is 0.232. The van der Waals surface area contributed by atoms with Crippen LogP contribution < -0.4 is 24.8 Å². The zero-order chi connectivity index (χ0) is 17.6. The van der Waals surface area contributed by atoms with Crippen molar-refractivity contribution in [3.8, 4) is 17.2 Å². The molecular weight excluding hydrogens is 320 g/mol. The molecule has 132 valence electrons. The molecule has 0 radical (unpaired) electrons. The topological polar surface area (TPSA) is 68.8 Å². The molecule has 1 aliphatic heterocycles. The Bertz CT molecular complexity index is 748. The first-order chi connectivity index (χ1) is 12.2. The van der Waals surface area contributed by atoms with Gasteiger partial charge in [0.1, 0.15) is 5.75 Å². The summed E-state index contributed by atoms with van der Waals surface area (Å²) in [5.74, 6) is 2.05. The van der Waals surface area contributed by atoms with Gasteiger partial charge >= 0.3 is 6.03 Å². The second-order valence-corrected chi connectivity index (χ2v) is 5.62. The van der Waals surface area contributed by atoms with E-state index in [-0.39, 0.29) is 12.1 Å². The summed E-state index contributed by atoms with van der Waals surface area (Å²) in [6.45, 7) is 3.00. The van der Waals surface area contributed by atoms with Crippen LogP contribution >= 0.6 is 0 Å². The Balaban J connectivity index is 1.68. The van der Waals surface area contributed by atoms with Gasteiger partial charge in [0.15, 0.2) is 11.5 Å². The van der Waals surface area contributed by atoms with E-state index in [4.69, 9.17) is 14.2 Å². The molecule has 1 atom stereocenters. The van der Waals surface area contributed by atoms with E-state index in [1.807, 2.05) is 31.2 Å². The molecule has 0 fully saturated rings. The number of carbonyl (C=O) groups excluding carboxylic acids is 1. The van der Waals surface area contributed by atoms with Gasteiger partial charge in [0.2, 0.25) is 0 Å². The number of anilines is 1. The summed E-state index contributed by atoms with van der Waals surface area (Å²) in [7, 11) is 1.58. The number of rotatable bonds is 5. The maximum absolute atomic E-state index is 12.4. The predicted octanol–water partition coefficient (Wildman–Crippen LogP) is 3.74. The number of amides is 2. The standard InChI is InChI=1S/C19H22N2O4/c1-3-24-18-12-13(8-9-17(18)23-2)20-19(22)21-15-10-11-25-16-7-5-4-6-14(15)16/h4-9,12,15H,3,10-11H2,1-2H3,(H2,20,21,22). The van der Waals surface area contributed by atoms with Gasteiger partial charge in [-0.05, 0) is 25.1 Å². The number of para-hydroxylation sites is 1. The molecule has 6 nitrogen and oxygen atoms in total. The Morgan fingerprint density at radius 3 is 2.88 bits per heavy atom. The van der Waals surface area contributed by atoms with Crippen LogP contribution in [0.3, 0.4) is 0 Å². The van der Waals surface area contributed by atoms with Gasteiger partial charge in [-0.15, -0.1) is 0 Å². The monoisotopic (exact) mass is 342 g/mol. The van der Waals surface area contributed by atoms with Crippen molar-refractivity contribution >= 4 is 11.7 Å². The number of hydrogen-bond donors (Lipinski definition) is 2. The van der Waals surface area contributed by atoms with Crippen LogP contribution in [0.2, 0.25) is 0 Å². The van der Waals surface area contributed by atoms with Gasteiger partial charge in [-0.25, -0.2) is 4.79 Å². The normalized spacial score (nSPS) is 15.5. The molecule has 25 heavy (non-hydrogen) atoms. The van der Waals surface area contributed by atoms with E-state index in [0.29, 0.717) is 30.4 Å². The van der Waals surface area contributed by atoms with Gasteiger partial charge in [0, 0.05) is 23.7 Å². The lowest BCUT2D eigenvalue weighted by atomic mass is 10.0. The van der Waals surface area contributed by atoms with Crippen LogP contribution in [0.4, 0.5) is 10.5 Å². The largest absolute Gasteiger partial charge is 0.493 e. The fraction of sp³-hybridized carbons (Fsp3) is 0.316. The van der Waals surface area contributed by atoms with Gasteiger partial charge < -0.3 is 24.8 Å². The minimum atomic E-state index is -0.269. The van der Waals surface area contributed by atoms with Crippen molar-refractivity contribution in [2.45, 2.75) is 19.4 Å². The molecule has 1 unspecified atom stereocenters. The number of nitrogens with one attached hydrogen (secondary N) is 2. The summed E-state index contributed by atoms with van der Waals surface area (Å²) < 4.78 is 16.4. The van der Waals surface area contributed by atoms with Crippen LogP contribution in [-0.4, -0.2) is 26.4 Å². The number of carbonyl (C=O) groups is 1. The van der Waals surface area contributed by atoms with E-state index in [9.17, 15) is 4.79 Å². The van der Waals surface area contributed by atoms with Crippen LogP contribution in [-0.2, 0) is 0 Å². The smallest absolute Gasteiger partial charge is 0.319 e. The molecule has 0 aromatic heterocycles. The molecule has 1 aliphatic rings. The fourth-order valence-electron chi connectivity index (χ4n) is 2.84. The molecule has 2 amide bonds. The number of hydrogen-bond acceptors (Lipinski definition) is 4. The minimum absolute atomic E-state index is 0.0745. The van der Waals surface area contributed by atoms with Gasteiger partial charge in [0.05, 0.1) is 26.4 Å². The number of fused-ring (bicyclic) bond motifs is 1. The zero-order valence-electron chi connectivity index (χ0n) is 14.4. The maximum Gasteiger partial charge on any atom is 0.319 e. The summed E-state index contributed by atoms with van der Waals surface area (Å²) in [4.78, 5) is 12.4. The molecule has 1 heterocycles. The number of urea groups is 1. The molecule has 2 N–H and O–H groups in total. The number of ether oxygens (including phenoxy) is 3. The van der Waals surface area contributed by atoms with Crippen LogP contribution in [0.1, 0.15) is 24.9 Å². The lowest BCUT2D eigenvalue weighted by Gasteiger charge is -2.26. The number of methoxy groups -OCH3 is 1. The third kappa shape index (κ3) is 3.96. The van der Waals surface area contributed by atoms with Crippen LogP contribution in [0.15, 0.2) is 42.5 Å². The summed E-state index contributed by atoms with van der Waals surface area (Å²) in [5.41, 5.74) is 1.63. The molecule has 0 bridgehead atoms. The lowest BCUT2D eigenvalue weighted by Crippen LogP contribution is -2.35. The highest BCUT2D eigenvalue weighted by atomic mass is 16.5. The highest BCUT2D eigenvalue weighted by molar-refractivity contribution is 5.90. The van der Waals surface area contributed by atoms with E-state index in [1.54, 1.807) is 25.3 Å². The Hall–Kier alpha value is -2.89. The minimum Gasteiger partial charge on any atom is -0.493 e. The SMILES string of the molecule is CCOc1cc(NC(=O)NC2CCOc3ccccc32)ccc1OC. The van der Waals surface area contributed by atoms with Crippen molar-refractivity contribution in [2.75, 3.05) is 25.6 Å². The van der Waals surface area contributed by atoms with E-state index in [2.05, 4.69) is 10.6 Å². The fourth-order valence-corrected chi connectivity index (χ4v) is 2.84. The molecule has 0 spiro atoms. The quantitative estimate of drug-likeness (QED) is 0.868. The van der Waals surface area contributed by atoms with Crippen molar-refractivity contribution in [3.05, 3.63) is 48.0 Å². The molecule has 0 saturated carbocycles. The summed E-state index contributed by atoms with van der Waals surface area (Å²) >= 11 is 0. The van der Waals surface area contributed by atoms with Crippen molar-refractivity contribution in [2.24, 2.45) is 0 Å². The zero-order valence-corrected chi connectivity index (χ0v) is 14.4. The van der Waals surface area contributed by atoms with Crippen LogP contribution in [0.5, 0.6) is 17.2 Å². The second-order valence-electron chi connectivity index (χ2n) is 5.62. The molecular formula is C19H22N2O4. The Morgan fingerprint density at radius 2 is 2.08 bits per heavy atom. The van der Waals surface area contributed by atoms with E-state index in [1.165, 1.54) is 0 Å². The first-order valence-electron chi connectivity index (χ1n) is 8.31. The highest BCUT2D eigenvalue weighted by Crippen LogP contribution is 2.32. The van der Waals surface area contributed by atoms with Gasteiger partial charge in [-0.3, -0.25) is 0 Å². The van der Waals surface area contributed by atoms with Gasteiger partial charge in [-0.1, -0.05) is 18.2 Å². The Morgan fingerprint density at radius 1 is 1.24 bits per heavy atom. The average molecular weight is 342 g/mol. The van der Waals surface area contributed by atoms with E-state index < -0.39 is 0 Å². The summed E-state index contributed by atoms with van der Waals surface area (Å²) in [5, 5.41) is 5.85. The molecule has 6 heteroatoms. The second kappa shape index (κ2) is 7.79. The third-order valence-electron chi connectivity index (χ3n) is 3.99. The Labute approximate surface area is 147 Å². The summed E-state index contributed by atoms with van der Waals surface area (Å²) in [6.07, 6.45) is 0.733. The maximum atomic E-state index is 12.4. The van der Waals surface area contributed by atoms with Crippen molar-refractivity contribution in [1.82, 2.24) is 5.32 Å². The first kappa shape index (κ1) is 17.0. The molecule has 2 aromatic rings. The van der Waals surface area contributed by atoms with Gasteiger partial charge in [0.25, 0.3) is 0 Å². The van der Waals surface area contributed by atoms with Gasteiger partial charge in [-0.2, -0.15) is 0 Å². The van der Waals surface area contributed by atoms with Crippen LogP contribution in [0, 0.1) is 0 Å². The average Bonchev–Trinajstić information content (AvgIpc) is 2.62. The van der Waals surface area contributed by atoms with E-state index >= 15 is 0 Å². The molecule has 0 aliphatic carbocycles. The van der Waals surface area contributed by atoms with Crippen LogP contribution in [0.25, 0.3) is 0 Å².